The summed E-state index contributed by atoms with van der Waals surface area (Å²) in [5, 5.41) is 0.983. The van der Waals surface area contributed by atoms with Crippen molar-refractivity contribution in [1.82, 2.24) is 9.97 Å². The number of anilines is 1. The highest BCUT2D eigenvalue weighted by Gasteiger charge is 2.21. The Hall–Kier alpha value is -1.51. The molecule has 0 aliphatic carbocycles. The predicted octanol–water partition coefficient (Wildman–Crippen LogP) is 4.55. The normalized spacial score (nSPS) is 12.5. The van der Waals surface area contributed by atoms with Crippen molar-refractivity contribution >= 4 is 53.2 Å². The van der Waals surface area contributed by atoms with E-state index in [9.17, 15) is 8.42 Å². The van der Waals surface area contributed by atoms with Crippen LogP contribution in [-0.4, -0.2) is 18.4 Å². The van der Waals surface area contributed by atoms with E-state index in [1.165, 1.54) is 17.5 Å². The van der Waals surface area contributed by atoms with Crippen LogP contribution in [0.5, 0.6) is 0 Å². The van der Waals surface area contributed by atoms with Gasteiger partial charge in [0.15, 0.2) is 0 Å². The van der Waals surface area contributed by atoms with Gasteiger partial charge in [0, 0.05) is 16.1 Å². The van der Waals surface area contributed by atoms with Crippen LogP contribution < -0.4 is 4.72 Å². The molecule has 0 spiro atoms. The molecule has 2 aromatic heterocycles. The fourth-order valence-corrected chi connectivity index (χ4v) is 4.64. The molecule has 0 saturated carbocycles. The largest absolute Gasteiger partial charge is 0.278 e. The summed E-state index contributed by atoms with van der Waals surface area (Å²) in [5.74, 6) is 0. The van der Waals surface area contributed by atoms with E-state index in [0.29, 0.717) is 10.2 Å². The van der Waals surface area contributed by atoms with Gasteiger partial charge in [-0.2, -0.15) is 0 Å². The molecule has 3 aromatic rings. The van der Waals surface area contributed by atoms with Crippen LogP contribution in [0, 0.1) is 0 Å². The molecule has 8 heteroatoms. The van der Waals surface area contributed by atoms with Crippen LogP contribution in [0.1, 0.15) is 25.8 Å². The Bertz CT molecular complexity index is 1010. The monoisotopic (exact) mass is 425 g/mol. The van der Waals surface area contributed by atoms with Crippen molar-refractivity contribution in [1.29, 1.82) is 0 Å². The molecule has 2 heterocycles. The Balaban J connectivity index is 1.98. The summed E-state index contributed by atoms with van der Waals surface area (Å²) in [6, 6.07) is 6.64. The highest BCUT2D eigenvalue weighted by atomic mass is 79.9. The minimum Gasteiger partial charge on any atom is -0.278 e. The molecule has 0 aliphatic heterocycles. The number of sulfonamides is 1. The van der Waals surface area contributed by atoms with E-state index in [0.717, 1.165) is 15.2 Å². The number of thiazole rings is 1. The Kier molecular flexibility index (Phi) is 4.39. The Morgan fingerprint density at radius 3 is 2.58 bits per heavy atom. The number of halogens is 1. The molecule has 0 radical (unpaired) electrons. The maximum atomic E-state index is 12.6. The maximum Gasteiger partial charge on any atom is 0.261 e. The fraction of sp³-hybridized carbons (Fsp3) is 0.250. The quantitative estimate of drug-likeness (QED) is 0.667. The van der Waals surface area contributed by atoms with Crippen LogP contribution in [0.15, 0.2) is 46.0 Å². The molecule has 0 fully saturated rings. The summed E-state index contributed by atoms with van der Waals surface area (Å²) in [4.78, 5) is 8.76. The average Bonchev–Trinajstić information content (AvgIpc) is 2.90. The Labute approximate surface area is 153 Å². The van der Waals surface area contributed by atoms with Crippen LogP contribution in [0.25, 0.3) is 10.2 Å². The second kappa shape index (κ2) is 6.09. The SMILES string of the molecule is CC(C)(C)c1nc2ccc(S(=O)(=O)Nc3cncc(Br)c3)cc2s1. The lowest BCUT2D eigenvalue weighted by Crippen LogP contribution is -2.12. The van der Waals surface area contributed by atoms with Gasteiger partial charge in [-0.25, -0.2) is 13.4 Å². The first kappa shape index (κ1) is 17.3. The number of pyridine rings is 1. The van der Waals surface area contributed by atoms with Gasteiger partial charge in [0.25, 0.3) is 10.0 Å². The van der Waals surface area contributed by atoms with Crippen LogP contribution in [0.4, 0.5) is 5.69 Å². The molecule has 126 valence electrons. The van der Waals surface area contributed by atoms with Crippen molar-refractivity contribution < 1.29 is 8.42 Å². The number of aromatic nitrogens is 2. The molecule has 0 amide bonds. The van der Waals surface area contributed by atoms with E-state index >= 15 is 0 Å². The van der Waals surface area contributed by atoms with Crippen LogP contribution >= 0.6 is 27.3 Å². The molecule has 24 heavy (non-hydrogen) atoms. The number of fused-ring (bicyclic) bond motifs is 1. The van der Waals surface area contributed by atoms with Gasteiger partial charge in [-0.3, -0.25) is 9.71 Å². The molecule has 1 aromatic carbocycles. The molecule has 0 saturated heterocycles. The minimum atomic E-state index is -3.68. The summed E-state index contributed by atoms with van der Waals surface area (Å²) < 4.78 is 29.3. The third-order valence-corrected chi connectivity index (χ3v) is 6.53. The Morgan fingerprint density at radius 1 is 1.17 bits per heavy atom. The highest BCUT2D eigenvalue weighted by Crippen LogP contribution is 2.32. The van der Waals surface area contributed by atoms with Gasteiger partial charge in [-0.15, -0.1) is 11.3 Å². The van der Waals surface area contributed by atoms with E-state index in [2.05, 4.69) is 51.4 Å². The zero-order valence-electron chi connectivity index (χ0n) is 13.4. The van der Waals surface area contributed by atoms with E-state index < -0.39 is 10.0 Å². The lowest BCUT2D eigenvalue weighted by molar-refractivity contribution is 0.587. The van der Waals surface area contributed by atoms with Gasteiger partial charge in [-0.1, -0.05) is 20.8 Å². The first-order valence-corrected chi connectivity index (χ1v) is 10.3. The van der Waals surface area contributed by atoms with Crippen molar-refractivity contribution in [2.45, 2.75) is 31.1 Å². The summed E-state index contributed by atoms with van der Waals surface area (Å²) in [5.41, 5.74) is 1.15. The predicted molar refractivity (Wildman–Crippen MR) is 101 cm³/mol. The van der Waals surface area contributed by atoms with Gasteiger partial charge < -0.3 is 0 Å². The summed E-state index contributed by atoms with van der Waals surface area (Å²) in [7, 11) is -3.68. The number of hydrogen-bond donors (Lipinski definition) is 1. The van der Waals surface area contributed by atoms with E-state index in [1.807, 2.05) is 0 Å². The number of rotatable bonds is 3. The first-order chi connectivity index (χ1) is 11.1. The highest BCUT2D eigenvalue weighted by molar-refractivity contribution is 9.10. The fourth-order valence-electron chi connectivity index (χ4n) is 2.07. The minimum absolute atomic E-state index is 0.0665. The topological polar surface area (TPSA) is 72.0 Å². The van der Waals surface area contributed by atoms with Crippen LogP contribution in [0.2, 0.25) is 0 Å². The third kappa shape index (κ3) is 3.60. The van der Waals surface area contributed by atoms with Crippen molar-refractivity contribution in [3.05, 3.63) is 46.1 Å². The van der Waals surface area contributed by atoms with Gasteiger partial charge in [0.1, 0.15) is 0 Å². The molecule has 0 bridgehead atoms. The molecule has 1 N–H and O–H groups in total. The molecular formula is C16H16BrN3O2S2. The first-order valence-electron chi connectivity index (χ1n) is 7.20. The summed E-state index contributed by atoms with van der Waals surface area (Å²) >= 11 is 4.80. The van der Waals surface area contributed by atoms with Crippen LogP contribution in [-0.2, 0) is 15.4 Å². The molecule has 0 aliphatic rings. The van der Waals surface area contributed by atoms with Gasteiger partial charge in [0.2, 0.25) is 0 Å². The van der Waals surface area contributed by atoms with E-state index in [-0.39, 0.29) is 10.3 Å². The van der Waals surface area contributed by atoms with E-state index in [4.69, 9.17) is 0 Å². The Morgan fingerprint density at radius 2 is 1.92 bits per heavy atom. The second-order valence-electron chi connectivity index (χ2n) is 6.40. The second-order valence-corrected chi connectivity index (χ2v) is 10.0. The average molecular weight is 426 g/mol. The van der Waals surface area contributed by atoms with Crippen molar-refractivity contribution in [2.24, 2.45) is 0 Å². The smallest absolute Gasteiger partial charge is 0.261 e. The molecule has 0 atom stereocenters. The number of nitrogens with one attached hydrogen (secondary N) is 1. The lowest BCUT2D eigenvalue weighted by atomic mass is 9.98. The van der Waals surface area contributed by atoms with Gasteiger partial charge in [0.05, 0.1) is 32.0 Å². The van der Waals surface area contributed by atoms with Crippen molar-refractivity contribution in [3.63, 3.8) is 0 Å². The lowest BCUT2D eigenvalue weighted by Gasteiger charge is -2.13. The number of hydrogen-bond acceptors (Lipinski definition) is 5. The maximum absolute atomic E-state index is 12.6. The number of benzene rings is 1. The van der Waals surface area contributed by atoms with Crippen LogP contribution in [0.3, 0.4) is 0 Å². The van der Waals surface area contributed by atoms with Gasteiger partial charge >= 0.3 is 0 Å². The zero-order chi connectivity index (χ0) is 17.5. The van der Waals surface area contributed by atoms with Crippen molar-refractivity contribution in [3.8, 4) is 0 Å². The standard InChI is InChI=1S/C16H16BrN3O2S2/c1-16(2,3)15-19-13-5-4-12(7-14(13)23-15)24(21,22)20-11-6-10(17)8-18-9-11/h4-9,20H,1-3H3. The zero-order valence-corrected chi connectivity index (χ0v) is 16.6. The third-order valence-electron chi connectivity index (χ3n) is 3.27. The number of nitrogens with zero attached hydrogens (tertiary/aromatic N) is 2. The molecule has 5 nitrogen and oxygen atoms in total. The van der Waals surface area contributed by atoms with Crippen molar-refractivity contribution in [2.75, 3.05) is 4.72 Å². The van der Waals surface area contributed by atoms with Gasteiger partial charge in [-0.05, 0) is 40.2 Å². The molecule has 0 unspecified atom stereocenters. The molecular weight excluding hydrogens is 410 g/mol. The summed E-state index contributed by atoms with van der Waals surface area (Å²) in [6.45, 7) is 6.26. The summed E-state index contributed by atoms with van der Waals surface area (Å²) in [6.07, 6.45) is 3.06. The molecule has 3 rings (SSSR count). The van der Waals surface area contributed by atoms with E-state index in [1.54, 1.807) is 30.5 Å².